The zero-order chi connectivity index (χ0) is 11.3. The van der Waals surface area contributed by atoms with E-state index < -0.39 is 5.91 Å². The van der Waals surface area contributed by atoms with Gasteiger partial charge in [-0.05, 0) is 18.4 Å². The highest BCUT2D eigenvalue weighted by Crippen LogP contribution is 2.10. The molecular weight excluding hydrogens is 218 g/mol. The van der Waals surface area contributed by atoms with Crippen molar-refractivity contribution in [2.75, 3.05) is 12.9 Å². The highest BCUT2D eigenvalue weighted by atomic mass is 32.2. The van der Waals surface area contributed by atoms with Crippen LogP contribution in [0.15, 0.2) is 0 Å². The van der Waals surface area contributed by atoms with Crippen LogP contribution in [0.5, 0.6) is 0 Å². The molecule has 1 aromatic heterocycles. The number of aliphatic hydroxyl groups excluding tert-OH is 1. The van der Waals surface area contributed by atoms with Crippen LogP contribution in [-0.2, 0) is 0 Å². The first-order valence-electron chi connectivity index (χ1n) is 4.37. The number of nitrogens with one attached hydrogen (secondary N) is 2. The summed E-state index contributed by atoms with van der Waals surface area (Å²) in [5.74, 6) is -0.400. The van der Waals surface area contributed by atoms with Crippen LogP contribution in [0.25, 0.3) is 0 Å². The first-order valence-corrected chi connectivity index (χ1v) is 5.65. The normalized spacial score (nSPS) is 14.6. The first-order chi connectivity index (χ1) is 7.19. The maximum atomic E-state index is 11.5. The Labute approximate surface area is 91.0 Å². The zero-order valence-electron chi connectivity index (χ0n) is 8.47. The number of nitrogens with zero attached hydrogens (tertiary/aromatic N) is 3. The molecule has 0 aliphatic heterocycles. The molecule has 0 aliphatic rings. The maximum Gasteiger partial charge on any atom is 0.293 e. The summed E-state index contributed by atoms with van der Waals surface area (Å²) in [6.45, 7) is 1.82. The van der Waals surface area contributed by atoms with Crippen molar-refractivity contribution in [2.45, 2.75) is 18.2 Å². The fourth-order valence-corrected chi connectivity index (χ4v) is 1.68. The number of hydrogen-bond donors (Lipinski definition) is 3. The summed E-state index contributed by atoms with van der Waals surface area (Å²) in [4.78, 5) is 11.5. The second kappa shape index (κ2) is 5.66. The van der Waals surface area contributed by atoms with Gasteiger partial charge in [0.15, 0.2) is 0 Å². The van der Waals surface area contributed by atoms with Gasteiger partial charge < -0.3 is 10.4 Å². The standard InChI is InChI=1S/C7H13N5O2S/c1-4(5(3-13)15-2)8-7(14)6-9-11-12-10-6/h4-5,13H,3H2,1-2H3,(H,8,14)(H,9,10,11,12). The number of carbonyl (C=O) groups is 1. The van der Waals surface area contributed by atoms with E-state index in [0.717, 1.165) is 0 Å². The number of thioether (sulfide) groups is 1. The average Bonchev–Trinajstić information content (AvgIpc) is 2.72. The Hall–Kier alpha value is -1.15. The van der Waals surface area contributed by atoms with Crippen LogP contribution in [0.4, 0.5) is 0 Å². The summed E-state index contributed by atoms with van der Waals surface area (Å²) < 4.78 is 0. The molecule has 15 heavy (non-hydrogen) atoms. The SMILES string of the molecule is CSC(CO)C(C)NC(=O)c1nn[nH]n1. The summed E-state index contributed by atoms with van der Waals surface area (Å²) in [5.41, 5.74) is 0. The van der Waals surface area contributed by atoms with Crippen LogP contribution in [-0.4, -0.2) is 55.8 Å². The van der Waals surface area contributed by atoms with Crippen molar-refractivity contribution in [2.24, 2.45) is 0 Å². The third-order valence-corrected chi connectivity index (χ3v) is 3.11. The van der Waals surface area contributed by atoms with E-state index in [2.05, 4.69) is 25.9 Å². The minimum Gasteiger partial charge on any atom is -0.395 e. The molecule has 0 saturated heterocycles. The maximum absolute atomic E-state index is 11.5. The molecule has 1 heterocycles. The molecular formula is C7H13N5O2S. The molecule has 0 radical (unpaired) electrons. The average molecular weight is 231 g/mol. The largest absolute Gasteiger partial charge is 0.395 e. The number of tetrazole rings is 1. The van der Waals surface area contributed by atoms with Crippen LogP contribution in [0.3, 0.4) is 0 Å². The monoisotopic (exact) mass is 231 g/mol. The van der Waals surface area contributed by atoms with Gasteiger partial charge in [-0.15, -0.1) is 10.2 Å². The topological polar surface area (TPSA) is 104 Å². The molecule has 0 saturated carbocycles. The number of aromatic amines is 1. The fourth-order valence-electron chi connectivity index (χ4n) is 1.06. The molecule has 1 rings (SSSR count). The van der Waals surface area contributed by atoms with Gasteiger partial charge in [-0.3, -0.25) is 4.79 Å². The Kier molecular flexibility index (Phi) is 4.50. The molecule has 0 aliphatic carbocycles. The van der Waals surface area contributed by atoms with E-state index in [1.807, 2.05) is 13.2 Å². The number of H-pyrrole nitrogens is 1. The molecule has 2 atom stereocenters. The van der Waals surface area contributed by atoms with Crippen LogP contribution < -0.4 is 5.32 Å². The van der Waals surface area contributed by atoms with Crippen molar-refractivity contribution in [3.63, 3.8) is 0 Å². The molecule has 0 aromatic carbocycles. The molecule has 3 N–H and O–H groups in total. The predicted octanol–water partition coefficient (Wildman–Crippen LogP) is -0.958. The van der Waals surface area contributed by atoms with E-state index in [1.165, 1.54) is 11.8 Å². The van der Waals surface area contributed by atoms with Crippen molar-refractivity contribution < 1.29 is 9.90 Å². The Balaban J connectivity index is 2.51. The van der Waals surface area contributed by atoms with E-state index >= 15 is 0 Å². The Morgan fingerprint density at radius 2 is 2.47 bits per heavy atom. The Bertz CT molecular complexity index is 300. The molecule has 0 spiro atoms. The number of rotatable bonds is 5. The molecule has 7 nitrogen and oxygen atoms in total. The summed E-state index contributed by atoms with van der Waals surface area (Å²) in [5, 5.41) is 24.2. The highest BCUT2D eigenvalue weighted by Gasteiger charge is 2.19. The lowest BCUT2D eigenvalue weighted by atomic mass is 10.2. The second-order valence-electron chi connectivity index (χ2n) is 2.95. The fraction of sp³-hybridized carbons (Fsp3) is 0.714. The second-order valence-corrected chi connectivity index (χ2v) is 4.03. The summed E-state index contributed by atoms with van der Waals surface area (Å²) in [6, 6.07) is -0.156. The highest BCUT2D eigenvalue weighted by molar-refractivity contribution is 7.99. The van der Waals surface area contributed by atoms with Gasteiger partial charge in [0.25, 0.3) is 11.7 Å². The number of hydrogen-bond acceptors (Lipinski definition) is 6. The lowest BCUT2D eigenvalue weighted by Crippen LogP contribution is -2.41. The van der Waals surface area contributed by atoms with Gasteiger partial charge in [-0.2, -0.15) is 17.0 Å². The minimum absolute atomic E-state index is 0.000331. The Morgan fingerprint density at radius 1 is 1.73 bits per heavy atom. The van der Waals surface area contributed by atoms with Gasteiger partial charge in [0.2, 0.25) is 0 Å². The van der Waals surface area contributed by atoms with Crippen molar-refractivity contribution in [3.8, 4) is 0 Å². The van der Waals surface area contributed by atoms with Crippen molar-refractivity contribution in [1.29, 1.82) is 0 Å². The summed E-state index contributed by atoms with van der Waals surface area (Å²) in [6.07, 6.45) is 1.87. The van der Waals surface area contributed by atoms with Crippen LogP contribution in [0.1, 0.15) is 17.5 Å². The van der Waals surface area contributed by atoms with Gasteiger partial charge >= 0.3 is 0 Å². The van der Waals surface area contributed by atoms with Gasteiger partial charge in [-0.1, -0.05) is 0 Å². The predicted molar refractivity (Wildman–Crippen MR) is 55.5 cm³/mol. The quantitative estimate of drug-likeness (QED) is 0.603. The Morgan fingerprint density at radius 3 is 2.93 bits per heavy atom. The van der Waals surface area contributed by atoms with Crippen molar-refractivity contribution >= 4 is 17.7 Å². The number of carbonyl (C=O) groups excluding carboxylic acids is 1. The van der Waals surface area contributed by atoms with E-state index in [-0.39, 0.29) is 23.7 Å². The van der Waals surface area contributed by atoms with E-state index in [0.29, 0.717) is 0 Å². The van der Waals surface area contributed by atoms with Crippen molar-refractivity contribution in [3.05, 3.63) is 5.82 Å². The van der Waals surface area contributed by atoms with Gasteiger partial charge in [0, 0.05) is 11.3 Å². The molecule has 0 fully saturated rings. The van der Waals surface area contributed by atoms with Crippen molar-refractivity contribution in [1.82, 2.24) is 25.9 Å². The third kappa shape index (κ3) is 3.17. The van der Waals surface area contributed by atoms with E-state index in [9.17, 15) is 4.79 Å². The molecule has 84 valence electrons. The third-order valence-electron chi connectivity index (χ3n) is 1.95. The lowest BCUT2D eigenvalue weighted by Gasteiger charge is -2.20. The first kappa shape index (κ1) is 11.9. The smallest absolute Gasteiger partial charge is 0.293 e. The van der Waals surface area contributed by atoms with Gasteiger partial charge in [-0.25, -0.2) is 0 Å². The van der Waals surface area contributed by atoms with Crippen LogP contribution in [0.2, 0.25) is 0 Å². The zero-order valence-corrected chi connectivity index (χ0v) is 9.28. The molecule has 0 bridgehead atoms. The molecule has 2 unspecified atom stereocenters. The number of aliphatic hydroxyl groups is 1. The molecule has 8 heteroatoms. The number of aromatic nitrogens is 4. The van der Waals surface area contributed by atoms with E-state index in [4.69, 9.17) is 5.11 Å². The minimum atomic E-state index is -0.399. The molecule has 1 amide bonds. The van der Waals surface area contributed by atoms with Crippen LogP contribution >= 0.6 is 11.8 Å². The lowest BCUT2D eigenvalue weighted by molar-refractivity contribution is 0.0925. The van der Waals surface area contributed by atoms with Gasteiger partial charge in [0.1, 0.15) is 0 Å². The summed E-state index contributed by atoms with van der Waals surface area (Å²) in [7, 11) is 0. The molecule has 1 aromatic rings. The van der Waals surface area contributed by atoms with Crippen LogP contribution in [0, 0.1) is 0 Å². The summed E-state index contributed by atoms with van der Waals surface area (Å²) >= 11 is 1.49. The van der Waals surface area contributed by atoms with Gasteiger partial charge in [0.05, 0.1) is 6.61 Å². The van der Waals surface area contributed by atoms with E-state index in [1.54, 1.807) is 0 Å². The number of amides is 1.